The largest absolute Gasteiger partial charge is 0.417 e. The first-order valence-corrected chi connectivity index (χ1v) is 24.3. The van der Waals surface area contributed by atoms with Crippen LogP contribution in [0, 0.1) is 0 Å². The Kier molecular flexibility index (Phi) is 18.8. The Morgan fingerprint density at radius 3 is 0.337 bits per heavy atom. The molecule has 0 heterocycles. The fraction of sp³-hybridized carbons (Fsp3) is 0.250. The summed E-state index contributed by atoms with van der Waals surface area (Å²) in [4.78, 5) is 0. The van der Waals surface area contributed by atoms with Crippen molar-refractivity contribution in [2.24, 2.45) is 0 Å². The zero-order chi connectivity index (χ0) is 66.3. The third-order valence-corrected chi connectivity index (χ3v) is 16.3. The van der Waals surface area contributed by atoms with Crippen molar-refractivity contribution in [2.45, 2.75) is 74.1 Å². The number of hydrogen-bond donors (Lipinski definition) is 0. The van der Waals surface area contributed by atoms with Gasteiger partial charge in [0.05, 0.1) is 66.8 Å². The predicted molar refractivity (Wildman–Crippen MR) is 230 cm³/mol. The van der Waals surface area contributed by atoms with Gasteiger partial charge >= 0.3 is 74.1 Å². The van der Waals surface area contributed by atoms with Crippen LogP contribution in [0.2, 0.25) is 0 Å². The highest BCUT2D eigenvalue weighted by molar-refractivity contribution is 7.80. The first-order chi connectivity index (χ1) is 38.3. The van der Waals surface area contributed by atoms with E-state index in [2.05, 4.69) is 0 Å². The highest BCUT2D eigenvalue weighted by atomic mass is 31.1. The molecule has 0 aromatic heterocycles. The molecule has 472 valence electrons. The number of halogens is 36. The zero-order valence-electron chi connectivity index (χ0n) is 39.9. The van der Waals surface area contributed by atoms with Gasteiger partial charge in [-0.15, -0.1) is 0 Å². The number of alkyl halides is 36. The smallest absolute Gasteiger partial charge is 0.166 e. The van der Waals surface area contributed by atoms with Crippen LogP contribution in [-0.4, -0.2) is 0 Å². The van der Waals surface area contributed by atoms with E-state index in [1.807, 2.05) is 0 Å². The minimum atomic E-state index is -5.86. The van der Waals surface area contributed by atoms with Gasteiger partial charge < -0.3 is 0 Å². The molecule has 6 aromatic carbocycles. The molecule has 0 bridgehead atoms. The summed E-state index contributed by atoms with van der Waals surface area (Å²) < 4.78 is 495. The summed E-state index contributed by atoms with van der Waals surface area (Å²) >= 11 is 0. The Balaban J connectivity index is 0.000000314. The lowest BCUT2D eigenvalue weighted by atomic mass is 10.1. The lowest BCUT2D eigenvalue weighted by Gasteiger charge is -2.29. The van der Waals surface area contributed by atoms with E-state index in [-0.39, 0.29) is 36.4 Å². The molecule has 0 nitrogen and oxygen atoms in total. The van der Waals surface area contributed by atoms with E-state index in [1.54, 1.807) is 0 Å². The van der Waals surface area contributed by atoms with Gasteiger partial charge in [0, 0.05) is 0 Å². The Hall–Kier alpha value is -6.34. The van der Waals surface area contributed by atoms with Gasteiger partial charge in [0.25, 0.3) is 0 Å². The zero-order valence-corrected chi connectivity index (χ0v) is 41.7. The Bertz CT molecular complexity index is 2830. The molecule has 86 heavy (non-hydrogen) atoms. The van der Waals surface area contributed by atoms with Crippen molar-refractivity contribution >= 4 is 47.7 Å². The maximum atomic E-state index is 14.0. The molecule has 0 N–H and O–H groups in total. The van der Waals surface area contributed by atoms with Crippen molar-refractivity contribution in [1.82, 2.24) is 0 Å². The molecule has 0 spiro atoms. The molecule has 0 radical (unpaired) electrons. The van der Waals surface area contributed by atoms with Crippen molar-refractivity contribution in [3.63, 3.8) is 0 Å². The highest BCUT2D eigenvalue weighted by Gasteiger charge is 2.50. The van der Waals surface area contributed by atoms with Crippen molar-refractivity contribution in [3.8, 4) is 0 Å². The van der Waals surface area contributed by atoms with Crippen LogP contribution in [0.25, 0.3) is 0 Å². The summed E-state index contributed by atoms with van der Waals surface area (Å²) in [6.07, 6.45) is -68.8. The van der Waals surface area contributed by atoms with Crippen molar-refractivity contribution < 1.29 is 158 Å². The second-order valence-corrected chi connectivity index (χ2v) is 21.3. The number of hydrogen-bond acceptors (Lipinski definition) is 0. The minimum absolute atomic E-state index is 0.256. The molecule has 0 atom stereocenters. The summed E-state index contributed by atoms with van der Waals surface area (Å²) in [5.41, 5.74) is -26.5. The third-order valence-electron chi connectivity index (χ3n) is 11.2. The molecular weight excluding hydrogens is 1320 g/mol. The Labute approximate surface area is 455 Å². The lowest BCUT2D eigenvalue weighted by molar-refractivity contribution is -0.141. The monoisotopic (exact) mass is 1340 g/mol. The van der Waals surface area contributed by atoms with Crippen LogP contribution in [0.3, 0.4) is 0 Å². The minimum Gasteiger partial charge on any atom is -0.166 e. The summed E-state index contributed by atoms with van der Waals surface area (Å²) in [5, 5.41) is -12.4. The number of rotatable bonds is 6. The van der Waals surface area contributed by atoms with Gasteiger partial charge in [0.2, 0.25) is 0 Å². The quantitative estimate of drug-likeness (QED) is 0.115. The van der Waals surface area contributed by atoms with E-state index < -0.39 is 261 Å². The second kappa shape index (κ2) is 23.0. The van der Waals surface area contributed by atoms with Crippen LogP contribution in [0.5, 0.6) is 0 Å². The van der Waals surface area contributed by atoms with Crippen LogP contribution in [-0.2, 0) is 74.1 Å². The third kappa shape index (κ3) is 16.2. The van der Waals surface area contributed by atoms with E-state index in [1.165, 1.54) is 0 Å². The van der Waals surface area contributed by atoms with Crippen LogP contribution in [0.4, 0.5) is 158 Å². The van der Waals surface area contributed by atoms with Crippen LogP contribution >= 0.6 is 15.8 Å². The average molecular weight is 1340 g/mol. The van der Waals surface area contributed by atoms with Gasteiger partial charge in [-0.2, -0.15) is 158 Å². The van der Waals surface area contributed by atoms with E-state index >= 15 is 0 Å². The molecule has 0 aliphatic heterocycles. The number of benzene rings is 6. The van der Waals surface area contributed by atoms with Crippen LogP contribution in [0.1, 0.15) is 66.8 Å². The van der Waals surface area contributed by atoms with E-state index in [0.717, 1.165) is 0 Å². The first kappa shape index (κ1) is 70.4. The van der Waals surface area contributed by atoms with Gasteiger partial charge in [-0.3, -0.25) is 0 Å². The predicted octanol–water partition coefficient (Wildman–Crippen LogP) is 19.1. The molecule has 6 rings (SSSR count). The fourth-order valence-corrected chi connectivity index (χ4v) is 13.4. The second-order valence-electron chi connectivity index (χ2n) is 17.0. The highest BCUT2D eigenvalue weighted by Crippen LogP contribution is 2.52. The topological polar surface area (TPSA) is 0 Å². The SMILES string of the molecule is FC(F)(F)c1ccc(C(F)(F)F)c(P(c2cc(C(F)(F)F)ccc2C(F)(F)F)c2cc(C(F)(F)F)ccc2C(F)(F)F)c1.FC(F)(F)c1ccc(C(F)(F)F)c(P(c2cc(C(F)(F)F)ccc2C(F)(F)F)c2cc(C(F)(F)F)ccc2C(F)(F)F)c1. The normalized spacial score (nSPS) is 14.0. The maximum absolute atomic E-state index is 14.0. The molecule has 0 fully saturated rings. The summed E-state index contributed by atoms with van der Waals surface area (Å²) in [6.45, 7) is 0. The van der Waals surface area contributed by atoms with Crippen molar-refractivity contribution in [3.05, 3.63) is 176 Å². The van der Waals surface area contributed by atoms with Crippen LogP contribution < -0.4 is 31.8 Å². The van der Waals surface area contributed by atoms with E-state index in [4.69, 9.17) is 0 Å². The molecule has 6 aromatic rings. The summed E-state index contributed by atoms with van der Waals surface area (Å²) in [6, 6.07) is -7.18. The first-order valence-electron chi connectivity index (χ1n) is 21.6. The average Bonchev–Trinajstić information content (AvgIpc) is 0.795. The molecule has 0 saturated heterocycles. The Morgan fingerprint density at radius 1 is 0.151 bits per heavy atom. The molecule has 38 heteroatoms. The lowest BCUT2D eigenvalue weighted by Crippen LogP contribution is -2.35. The molecule has 0 amide bonds. The van der Waals surface area contributed by atoms with Crippen molar-refractivity contribution in [1.29, 1.82) is 0 Å². The van der Waals surface area contributed by atoms with E-state index in [0.29, 0.717) is 0 Å². The van der Waals surface area contributed by atoms with Crippen LogP contribution in [0.15, 0.2) is 109 Å². The standard InChI is InChI=1S/2C24H9F18P/c2*25-19(26,27)10-1-4-13(22(34,35)36)16(7-10)43(17-8-11(20(28,29)30)2-5-14(17)23(37,38)39)18-9-12(21(31,32)33)3-6-15(18)24(40,41)42/h2*1-9H. The molecule has 0 aliphatic rings. The molecule has 0 aliphatic carbocycles. The van der Waals surface area contributed by atoms with Gasteiger partial charge in [0.15, 0.2) is 0 Å². The molecule has 0 unspecified atom stereocenters. The summed E-state index contributed by atoms with van der Waals surface area (Å²) in [7, 11) is -9.10. The van der Waals surface area contributed by atoms with Gasteiger partial charge in [-0.1, -0.05) is 0 Å². The fourth-order valence-electron chi connectivity index (χ4n) is 7.57. The summed E-state index contributed by atoms with van der Waals surface area (Å²) in [5.74, 6) is 0. The van der Waals surface area contributed by atoms with E-state index in [9.17, 15) is 158 Å². The maximum Gasteiger partial charge on any atom is 0.417 e. The van der Waals surface area contributed by atoms with Gasteiger partial charge in [0.1, 0.15) is 0 Å². The molecular formula is C48H18F36P2. The Morgan fingerprint density at radius 2 is 0.256 bits per heavy atom. The van der Waals surface area contributed by atoms with Gasteiger partial charge in [-0.25, -0.2) is 0 Å². The molecule has 0 saturated carbocycles. The van der Waals surface area contributed by atoms with Gasteiger partial charge in [-0.05, 0) is 157 Å². The van der Waals surface area contributed by atoms with Crippen molar-refractivity contribution in [2.75, 3.05) is 0 Å².